The predicted octanol–water partition coefficient (Wildman–Crippen LogP) is 2.29. The van der Waals surface area contributed by atoms with Gasteiger partial charge in [0, 0.05) is 6.42 Å². The van der Waals surface area contributed by atoms with E-state index in [1.807, 2.05) is 32.9 Å². The van der Waals surface area contributed by atoms with Crippen molar-refractivity contribution >= 4 is 11.8 Å². The van der Waals surface area contributed by atoms with Crippen LogP contribution in [0.15, 0.2) is 12.2 Å². The van der Waals surface area contributed by atoms with Crippen LogP contribution >= 0.6 is 0 Å². The number of ether oxygens (including phenoxy) is 3. The fourth-order valence-electron chi connectivity index (χ4n) is 1.20. The van der Waals surface area contributed by atoms with E-state index in [-0.39, 0.29) is 18.2 Å². The van der Waals surface area contributed by atoms with E-state index in [0.29, 0.717) is 32.8 Å². The average molecular weight is 286 g/mol. The molecule has 0 spiro atoms. The molecule has 0 radical (unpaired) electrons. The maximum Gasteiger partial charge on any atom is 0.308 e. The lowest BCUT2D eigenvalue weighted by molar-refractivity contribution is -0.155. The van der Waals surface area contributed by atoms with Crippen molar-refractivity contribution in [3.8, 4) is 0 Å². The number of carbonyl (C=O) groups excluding carboxylic acids is 2. The van der Waals surface area contributed by atoms with Crippen LogP contribution < -0.4 is 0 Å². The molecule has 0 aliphatic heterocycles. The lowest BCUT2D eigenvalue weighted by Gasteiger charge is -2.19. The number of rotatable bonds is 10. The standard InChI is InChI=1S/C15H26O5/c1-13(16)7-11-18-9-5-6-10-19-12-8-14(17)20-15(2,3)4/h5-6H,7-12H2,1-4H3/b6-5-. The van der Waals surface area contributed by atoms with Crippen molar-refractivity contribution in [1.82, 2.24) is 0 Å². The zero-order valence-electron chi connectivity index (χ0n) is 12.9. The molecular weight excluding hydrogens is 260 g/mol. The first-order valence-corrected chi connectivity index (χ1v) is 6.83. The molecule has 0 aromatic heterocycles. The SMILES string of the molecule is CC(=O)CCOC/C=C\COCCC(=O)OC(C)(C)C. The van der Waals surface area contributed by atoms with Crippen molar-refractivity contribution < 1.29 is 23.8 Å². The summed E-state index contributed by atoms with van der Waals surface area (Å²) < 4.78 is 15.6. The Kier molecular flexibility index (Phi) is 9.94. The quantitative estimate of drug-likeness (QED) is 0.350. The summed E-state index contributed by atoms with van der Waals surface area (Å²) in [6, 6.07) is 0. The molecule has 0 rings (SSSR count). The zero-order valence-corrected chi connectivity index (χ0v) is 12.9. The molecule has 0 bridgehead atoms. The minimum absolute atomic E-state index is 0.124. The van der Waals surface area contributed by atoms with Crippen LogP contribution in [0, 0.1) is 0 Å². The average Bonchev–Trinajstić information content (AvgIpc) is 2.28. The number of carbonyl (C=O) groups is 2. The maximum absolute atomic E-state index is 11.4. The van der Waals surface area contributed by atoms with Crippen LogP contribution in [0.25, 0.3) is 0 Å². The van der Waals surface area contributed by atoms with Gasteiger partial charge in [0.2, 0.25) is 0 Å². The molecule has 0 saturated heterocycles. The van der Waals surface area contributed by atoms with E-state index < -0.39 is 5.60 Å². The molecule has 0 aromatic rings. The zero-order chi connectivity index (χ0) is 15.4. The van der Waals surface area contributed by atoms with Gasteiger partial charge in [-0.05, 0) is 27.7 Å². The molecule has 0 fully saturated rings. The number of ketones is 1. The monoisotopic (exact) mass is 286 g/mol. The minimum atomic E-state index is -0.450. The lowest BCUT2D eigenvalue weighted by atomic mass is 10.2. The van der Waals surface area contributed by atoms with Crippen molar-refractivity contribution in [3.63, 3.8) is 0 Å². The molecule has 0 unspecified atom stereocenters. The van der Waals surface area contributed by atoms with Gasteiger partial charge in [-0.15, -0.1) is 0 Å². The van der Waals surface area contributed by atoms with Gasteiger partial charge in [-0.1, -0.05) is 12.2 Å². The predicted molar refractivity (Wildman–Crippen MR) is 76.5 cm³/mol. The highest BCUT2D eigenvalue weighted by molar-refractivity contribution is 5.75. The molecule has 0 N–H and O–H groups in total. The van der Waals surface area contributed by atoms with Gasteiger partial charge in [0.15, 0.2) is 0 Å². The minimum Gasteiger partial charge on any atom is -0.460 e. The van der Waals surface area contributed by atoms with Gasteiger partial charge >= 0.3 is 5.97 Å². The van der Waals surface area contributed by atoms with E-state index in [1.54, 1.807) is 0 Å². The third-order valence-electron chi connectivity index (χ3n) is 2.06. The molecule has 0 heterocycles. The first-order valence-electron chi connectivity index (χ1n) is 6.83. The molecule has 5 nitrogen and oxygen atoms in total. The summed E-state index contributed by atoms with van der Waals surface area (Å²) >= 11 is 0. The van der Waals surface area contributed by atoms with Crippen LogP contribution in [0.1, 0.15) is 40.5 Å². The Morgan fingerprint density at radius 2 is 1.45 bits per heavy atom. The lowest BCUT2D eigenvalue weighted by Crippen LogP contribution is -2.24. The summed E-state index contributed by atoms with van der Waals surface area (Å²) in [5.41, 5.74) is -0.450. The number of Topliss-reactive ketones (excluding diaryl/α,β-unsaturated/α-hetero) is 1. The maximum atomic E-state index is 11.4. The van der Waals surface area contributed by atoms with Crippen molar-refractivity contribution in [2.75, 3.05) is 26.4 Å². The van der Waals surface area contributed by atoms with Crippen LogP contribution in [0.2, 0.25) is 0 Å². The molecular formula is C15H26O5. The molecule has 0 atom stereocenters. The molecule has 116 valence electrons. The van der Waals surface area contributed by atoms with Crippen molar-refractivity contribution in [3.05, 3.63) is 12.2 Å². The molecule has 5 heteroatoms. The van der Waals surface area contributed by atoms with E-state index in [9.17, 15) is 9.59 Å². The Bertz CT molecular complexity index is 315. The molecule has 0 amide bonds. The van der Waals surface area contributed by atoms with Gasteiger partial charge in [0.05, 0.1) is 32.8 Å². The van der Waals surface area contributed by atoms with Crippen LogP contribution in [0.4, 0.5) is 0 Å². The second kappa shape index (κ2) is 10.6. The van der Waals surface area contributed by atoms with Gasteiger partial charge < -0.3 is 14.2 Å². The first kappa shape index (κ1) is 18.8. The Morgan fingerprint density at radius 1 is 0.950 bits per heavy atom. The molecule has 0 aromatic carbocycles. The molecule has 20 heavy (non-hydrogen) atoms. The smallest absolute Gasteiger partial charge is 0.308 e. The number of hydrogen-bond acceptors (Lipinski definition) is 5. The number of esters is 1. The van der Waals surface area contributed by atoms with E-state index in [0.717, 1.165) is 0 Å². The Hall–Kier alpha value is -1.20. The van der Waals surface area contributed by atoms with E-state index in [2.05, 4.69) is 0 Å². The third kappa shape index (κ3) is 14.9. The second-order valence-corrected chi connectivity index (χ2v) is 5.41. The highest BCUT2D eigenvalue weighted by Crippen LogP contribution is 2.07. The topological polar surface area (TPSA) is 61.8 Å². The van der Waals surface area contributed by atoms with Crippen LogP contribution in [-0.4, -0.2) is 43.8 Å². The van der Waals surface area contributed by atoms with Gasteiger partial charge in [-0.25, -0.2) is 0 Å². The van der Waals surface area contributed by atoms with Gasteiger partial charge in [0.25, 0.3) is 0 Å². The Labute approximate surface area is 121 Å². The van der Waals surface area contributed by atoms with Crippen molar-refractivity contribution in [2.24, 2.45) is 0 Å². The summed E-state index contributed by atoms with van der Waals surface area (Å²) in [5.74, 6) is -0.131. The van der Waals surface area contributed by atoms with Gasteiger partial charge in [-0.3, -0.25) is 9.59 Å². The van der Waals surface area contributed by atoms with Crippen LogP contribution in [-0.2, 0) is 23.8 Å². The van der Waals surface area contributed by atoms with Crippen molar-refractivity contribution in [2.45, 2.75) is 46.1 Å². The normalized spacial score (nSPS) is 11.8. The summed E-state index contributed by atoms with van der Waals surface area (Å²) in [4.78, 5) is 22.0. The summed E-state index contributed by atoms with van der Waals surface area (Å²) in [7, 11) is 0. The van der Waals surface area contributed by atoms with Crippen LogP contribution in [0.3, 0.4) is 0 Å². The highest BCUT2D eigenvalue weighted by Gasteiger charge is 2.15. The van der Waals surface area contributed by atoms with Crippen molar-refractivity contribution in [1.29, 1.82) is 0 Å². The Morgan fingerprint density at radius 3 is 1.90 bits per heavy atom. The fourth-order valence-corrected chi connectivity index (χ4v) is 1.20. The largest absolute Gasteiger partial charge is 0.460 e. The molecule has 0 aliphatic rings. The molecule has 0 aliphatic carbocycles. The van der Waals surface area contributed by atoms with E-state index in [4.69, 9.17) is 14.2 Å². The fraction of sp³-hybridized carbons (Fsp3) is 0.733. The van der Waals surface area contributed by atoms with E-state index >= 15 is 0 Å². The molecule has 0 saturated carbocycles. The van der Waals surface area contributed by atoms with Gasteiger partial charge in [-0.2, -0.15) is 0 Å². The first-order chi connectivity index (χ1) is 9.31. The van der Waals surface area contributed by atoms with Crippen LogP contribution in [0.5, 0.6) is 0 Å². The third-order valence-corrected chi connectivity index (χ3v) is 2.06. The second-order valence-electron chi connectivity index (χ2n) is 5.41. The summed E-state index contributed by atoms with van der Waals surface area (Å²) in [6.07, 6.45) is 4.34. The van der Waals surface area contributed by atoms with Gasteiger partial charge in [0.1, 0.15) is 11.4 Å². The summed E-state index contributed by atoms with van der Waals surface area (Å²) in [6.45, 7) is 8.71. The number of hydrogen-bond donors (Lipinski definition) is 0. The van der Waals surface area contributed by atoms with E-state index in [1.165, 1.54) is 6.92 Å². The Balaban J connectivity index is 3.39. The summed E-state index contributed by atoms with van der Waals surface area (Å²) in [5, 5.41) is 0. The highest BCUT2D eigenvalue weighted by atomic mass is 16.6.